The van der Waals surface area contributed by atoms with Gasteiger partial charge in [0.05, 0.1) is 5.44 Å². The summed E-state index contributed by atoms with van der Waals surface area (Å²) in [6.07, 6.45) is 7.10. The Hall–Kier alpha value is 0.310. The second kappa shape index (κ2) is 7.42. The summed E-state index contributed by atoms with van der Waals surface area (Å²) in [7, 11) is 0. The van der Waals surface area contributed by atoms with Gasteiger partial charge < -0.3 is 5.11 Å². The zero-order chi connectivity index (χ0) is 7.82. The van der Waals surface area contributed by atoms with E-state index in [-0.39, 0.29) is 0 Å². The van der Waals surface area contributed by atoms with Gasteiger partial charge in [-0.05, 0) is 6.42 Å². The summed E-state index contributed by atoms with van der Waals surface area (Å²) < 4.78 is 0. The zero-order valence-electron chi connectivity index (χ0n) is 6.71. The fourth-order valence-electron chi connectivity index (χ4n) is 0.930. The standard InChI is InChI=1S/C8H18OS/c1-2-3-4-5-6-7-8(9)10/h8-10H,2-7H2,1H3. The molecule has 10 heavy (non-hydrogen) atoms. The highest BCUT2D eigenvalue weighted by Crippen LogP contribution is 2.08. The number of unbranched alkanes of at least 4 members (excludes halogenated alkanes) is 4. The van der Waals surface area contributed by atoms with Crippen LogP contribution in [0.3, 0.4) is 0 Å². The van der Waals surface area contributed by atoms with E-state index >= 15 is 0 Å². The van der Waals surface area contributed by atoms with Crippen molar-refractivity contribution >= 4 is 12.6 Å². The molecule has 0 aliphatic carbocycles. The van der Waals surface area contributed by atoms with Crippen LogP contribution >= 0.6 is 12.6 Å². The third-order valence-corrected chi connectivity index (χ3v) is 1.82. The summed E-state index contributed by atoms with van der Waals surface area (Å²) in [5.41, 5.74) is -0.401. The topological polar surface area (TPSA) is 20.2 Å². The van der Waals surface area contributed by atoms with Crippen molar-refractivity contribution in [1.29, 1.82) is 0 Å². The number of hydrogen-bond acceptors (Lipinski definition) is 2. The highest BCUT2D eigenvalue weighted by atomic mass is 32.1. The SMILES string of the molecule is CCCCCCCC(O)S. The number of rotatable bonds is 6. The monoisotopic (exact) mass is 162 g/mol. The van der Waals surface area contributed by atoms with Gasteiger partial charge in [0.25, 0.3) is 0 Å². The summed E-state index contributed by atoms with van der Waals surface area (Å²) in [6.45, 7) is 2.20. The molecule has 1 atom stereocenters. The maximum absolute atomic E-state index is 8.77. The molecule has 0 aromatic rings. The fourth-order valence-corrected chi connectivity index (χ4v) is 1.11. The van der Waals surface area contributed by atoms with Gasteiger partial charge >= 0.3 is 0 Å². The molecule has 2 heteroatoms. The molecule has 0 aromatic carbocycles. The average Bonchev–Trinajstić information content (AvgIpc) is 1.87. The molecule has 1 nitrogen and oxygen atoms in total. The van der Waals surface area contributed by atoms with Crippen molar-refractivity contribution < 1.29 is 5.11 Å². The van der Waals surface area contributed by atoms with Crippen molar-refractivity contribution in [2.45, 2.75) is 50.9 Å². The molecular formula is C8H18OS. The molecule has 0 saturated heterocycles. The van der Waals surface area contributed by atoms with E-state index in [9.17, 15) is 0 Å². The first-order valence-corrected chi connectivity index (χ1v) is 4.65. The van der Waals surface area contributed by atoms with Crippen LogP contribution in [0.5, 0.6) is 0 Å². The smallest absolute Gasteiger partial charge is 0.0964 e. The van der Waals surface area contributed by atoms with Gasteiger partial charge in [0, 0.05) is 0 Å². The van der Waals surface area contributed by atoms with Crippen molar-refractivity contribution in [3.8, 4) is 0 Å². The first-order chi connectivity index (χ1) is 4.77. The summed E-state index contributed by atoms with van der Waals surface area (Å²) in [5, 5.41) is 8.77. The Kier molecular flexibility index (Phi) is 7.65. The van der Waals surface area contributed by atoms with Gasteiger partial charge in [-0.25, -0.2) is 0 Å². The molecule has 0 bridgehead atoms. The molecular weight excluding hydrogens is 144 g/mol. The Morgan fingerprint density at radius 2 is 1.80 bits per heavy atom. The van der Waals surface area contributed by atoms with E-state index in [1.54, 1.807) is 0 Å². The molecule has 62 valence electrons. The highest BCUT2D eigenvalue weighted by molar-refractivity contribution is 7.80. The molecule has 0 rings (SSSR count). The predicted molar refractivity (Wildman–Crippen MR) is 48.4 cm³/mol. The average molecular weight is 162 g/mol. The lowest BCUT2D eigenvalue weighted by Crippen LogP contribution is -1.94. The largest absolute Gasteiger partial charge is 0.383 e. The van der Waals surface area contributed by atoms with E-state index in [0.717, 1.165) is 12.8 Å². The van der Waals surface area contributed by atoms with Crippen molar-refractivity contribution in [2.75, 3.05) is 0 Å². The van der Waals surface area contributed by atoms with Gasteiger partial charge in [-0.15, -0.1) is 12.6 Å². The first kappa shape index (κ1) is 10.3. The van der Waals surface area contributed by atoms with Gasteiger partial charge in [-0.3, -0.25) is 0 Å². The van der Waals surface area contributed by atoms with E-state index in [2.05, 4.69) is 19.6 Å². The van der Waals surface area contributed by atoms with Crippen LogP contribution in [0.4, 0.5) is 0 Å². The first-order valence-electron chi connectivity index (χ1n) is 4.13. The molecule has 1 N–H and O–H groups in total. The van der Waals surface area contributed by atoms with Crippen molar-refractivity contribution in [3.05, 3.63) is 0 Å². The fraction of sp³-hybridized carbons (Fsp3) is 1.00. The molecule has 0 fully saturated rings. The lowest BCUT2D eigenvalue weighted by Gasteiger charge is -2.01. The van der Waals surface area contributed by atoms with Crippen LogP contribution < -0.4 is 0 Å². The quantitative estimate of drug-likeness (QED) is 0.349. The van der Waals surface area contributed by atoms with Crippen molar-refractivity contribution in [1.82, 2.24) is 0 Å². The van der Waals surface area contributed by atoms with Gasteiger partial charge in [0.1, 0.15) is 0 Å². The second-order valence-electron chi connectivity index (χ2n) is 2.68. The Balaban J connectivity index is 2.77. The summed E-state index contributed by atoms with van der Waals surface area (Å²) >= 11 is 3.88. The van der Waals surface area contributed by atoms with Crippen LogP contribution in [0.25, 0.3) is 0 Å². The lowest BCUT2D eigenvalue weighted by molar-refractivity contribution is 0.249. The zero-order valence-corrected chi connectivity index (χ0v) is 7.61. The maximum Gasteiger partial charge on any atom is 0.0964 e. The Labute approximate surface area is 69.2 Å². The van der Waals surface area contributed by atoms with Crippen LogP contribution in [-0.4, -0.2) is 10.5 Å². The maximum atomic E-state index is 8.77. The van der Waals surface area contributed by atoms with Gasteiger partial charge in [-0.2, -0.15) is 0 Å². The van der Waals surface area contributed by atoms with Crippen LogP contribution in [-0.2, 0) is 0 Å². The van der Waals surface area contributed by atoms with Gasteiger partial charge in [-0.1, -0.05) is 39.0 Å². The molecule has 0 saturated carbocycles. The van der Waals surface area contributed by atoms with E-state index in [0.29, 0.717) is 0 Å². The van der Waals surface area contributed by atoms with Crippen LogP contribution in [0.2, 0.25) is 0 Å². The summed E-state index contributed by atoms with van der Waals surface area (Å²) in [4.78, 5) is 0. The Bertz CT molecular complexity index is 64.3. The third kappa shape index (κ3) is 8.31. The van der Waals surface area contributed by atoms with Gasteiger partial charge in [0.2, 0.25) is 0 Å². The van der Waals surface area contributed by atoms with Crippen LogP contribution in [0, 0.1) is 0 Å². The molecule has 0 radical (unpaired) electrons. The molecule has 0 heterocycles. The predicted octanol–water partition coefficient (Wildman–Crippen LogP) is 2.60. The molecule has 0 aliphatic rings. The minimum absolute atomic E-state index is 0.401. The van der Waals surface area contributed by atoms with E-state index in [1.807, 2.05) is 0 Å². The van der Waals surface area contributed by atoms with Crippen molar-refractivity contribution in [3.63, 3.8) is 0 Å². The van der Waals surface area contributed by atoms with Gasteiger partial charge in [0.15, 0.2) is 0 Å². The molecule has 0 aromatic heterocycles. The van der Waals surface area contributed by atoms with E-state index in [4.69, 9.17) is 5.11 Å². The molecule has 0 amide bonds. The third-order valence-electron chi connectivity index (χ3n) is 1.57. The number of aliphatic hydroxyl groups excluding tert-OH is 1. The van der Waals surface area contributed by atoms with E-state index < -0.39 is 5.44 Å². The second-order valence-corrected chi connectivity index (χ2v) is 3.28. The molecule has 0 aliphatic heterocycles. The Morgan fingerprint density at radius 1 is 1.20 bits per heavy atom. The Morgan fingerprint density at radius 3 is 2.30 bits per heavy atom. The number of aliphatic hydroxyl groups is 1. The van der Waals surface area contributed by atoms with E-state index in [1.165, 1.54) is 25.7 Å². The summed E-state index contributed by atoms with van der Waals surface area (Å²) in [5.74, 6) is 0. The lowest BCUT2D eigenvalue weighted by atomic mass is 10.1. The minimum atomic E-state index is -0.401. The minimum Gasteiger partial charge on any atom is -0.383 e. The normalized spacial score (nSPS) is 13.5. The van der Waals surface area contributed by atoms with Crippen LogP contribution in [0.1, 0.15) is 45.4 Å². The molecule has 0 spiro atoms. The summed E-state index contributed by atoms with van der Waals surface area (Å²) in [6, 6.07) is 0. The van der Waals surface area contributed by atoms with Crippen molar-refractivity contribution in [2.24, 2.45) is 0 Å². The number of thiol groups is 1. The molecule has 1 unspecified atom stereocenters. The number of hydrogen-bond donors (Lipinski definition) is 2. The van der Waals surface area contributed by atoms with Crippen LogP contribution in [0.15, 0.2) is 0 Å². The highest BCUT2D eigenvalue weighted by Gasteiger charge is 1.94.